The summed E-state index contributed by atoms with van der Waals surface area (Å²) in [6, 6.07) is 13.6. The van der Waals surface area contributed by atoms with E-state index in [1.165, 1.54) is 12.0 Å². The summed E-state index contributed by atoms with van der Waals surface area (Å²) in [5, 5.41) is 1.24. The molecule has 2 aromatic carbocycles. The molecule has 6 heteroatoms. The second kappa shape index (κ2) is 9.92. The van der Waals surface area contributed by atoms with E-state index in [-0.39, 0.29) is 6.10 Å². The molecule has 0 radical (unpaired) electrons. The number of hydrogen-bond acceptors (Lipinski definition) is 3. The van der Waals surface area contributed by atoms with Crippen molar-refractivity contribution in [2.24, 2.45) is 0 Å². The molecule has 140 valence electrons. The molecule has 2 atom stereocenters. The molecule has 1 fully saturated rings. The van der Waals surface area contributed by atoms with Crippen LogP contribution in [-0.2, 0) is 11.3 Å². The van der Waals surface area contributed by atoms with Gasteiger partial charge >= 0.3 is 0 Å². The standard InChI is InChI=1S/C20H24Cl2NO2P/c21-18-3-1-4-19(22)17(18)14-25-16-7-5-15(6-8-16)20-13-23(9-2-12-26)10-11-24-20/h1,3-8,20H,2,9-14,26H2. The van der Waals surface area contributed by atoms with E-state index in [4.69, 9.17) is 32.7 Å². The molecule has 26 heavy (non-hydrogen) atoms. The first-order valence-electron chi connectivity index (χ1n) is 8.87. The number of morpholine rings is 1. The van der Waals surface area contributed by atoms with E-state index in [0.29, 0.717) is 16.7 Å². The van der Waals surface area contributed by atoms with Crippen molar-refractivity contribution in [3.8, 4) is 5.75 Å². The van der Waals surface area contributed by atoms with Crippen LogP contribution in [0.3, 0.4) is 0 Å². The van der Waals surface area contributed by atoms with Crippen LogP contribution in [0.4, 0.5) is 0 Å². The van der Waals surface area contributed by atoms with E-state index in [9.17, 15) is 0 Å². The van der Waals surface area contributed by atoms with Gasteiger partial charge < -0.3 is 9.47 Å². The van der Waals surface area contributed by atoms with Gasteiger partial charge in [0, 0.05) is 28.7 Å². The number of ether oxygens (including phenoxy) is 2. The largest absolute Gasteiger partial charge is 0.489 e. The molecule has 2 unspecified atom stereocenters. The van der Waals surface area contributed by atoms with Gasteiger partial charge in [0.15, 0.2) is 0 Å². The van der Waals surface area contributed by atoms with Gasteiger partial charge in [0.1, 0.15) is 12.4 Å². The van der Waals surface area contributed by atoms with Crippen LogP contribution in [0.25, 0.3) is 0 Å². The molecule has 0 aromatic heterocycles. The molecule has 1 aliphatic rings. The molecular formula is C20H24Cl2NO2P. The first-order chi connectivity index (χ1) is 12.7. The molecule has 3 rings (SSSR count). The highest BCUT2D eigenvalue weighted by Gasteiger charge is 2.21. The maximum atomic E-state index is 6.19. The molecule has 1 saturated heterocycles. The molecule has 0 saturated carbocycles. The summed E-state index contributed by atoms with van der Waals surface area (Å²) in [5.74, 6) is 0.792. The molecule has 0 aliphatic carbocycles. The lowest BCUT2D eigenvalue weighted by atomic mass is 10.1. The van der Waals surface area contributed by atoms with Crippen molar-refractivity contribution in [3.05, 3.63) is 63.6 Å². The highest BCUT2D eigenvalue weighted by atomic mass is 35.5. The summed E-state index contributed by atoms with van der Waals surface area (Å²) in [6.07, 6.45) is 2.47. The quantitative estimate of drug-likeness (QED) is 0.583. The molecule has 1 heterocycles. The number of benzene rings is 2. The summed E-state index contributed by atoms with van der Waals surface area (Å²) in [7, 11) is 2.79. The highest BCUT2D eigenvalue weighted by molar-refractivity contribution is 7.16. The van der Waals surface area contributed by atoms with E-state index in [0.717, 1.165) is 43.7 Å². The first kappa shape index (κ1) is 19.9. The number of nitrogens with zero attached hydrogens (tertiary/aromatic N) is 1. The zero-order valence-corrected chi connectivity index (χ0v) is 17.3. The molecule has 2 aromatic rings. The van der Waals surface area contributed by atoms with Crippen molar-refractivity contribution in [1.82, 2.24) is 4.90 Å². The van der Waals surface area contributed by atoms with Crippen molar-refractivity contribution >= 4 is 32.4 Å². The van der Waals surface area contributed by atoms with E-state index in [2.05, 4.69) is 26.3 Å². The lowest BCUT2D eigenvalue weighted by Crippen LogP contribution is -2.38. The third kappa shape index (κ3) is 5.34. The van der Waals surface area contributed by atoms with Crippen molar-refractivity contribution < 1.29 is 9.47 Å². The molecular weight excluding hydrogens is 388 g/mol. The van der Waals surface area contributed by atoms with Crippen LogP contribution in [-0.4, -0.2) is 37.3 Å². The first-order valence-corrected chi connectivity index (χ1v) is 10.4. The van der Waals surface area contributed by atoms with Gasteiger partial charge in [-0.05, 0) is 49.0 Å². The van der Waals surface area contributed by atoms with Crippen LogP contribution < -0.4 is 4.74 Å². The SMILES string of the molecule is PCCCN1CCOC(c2ccc(OCc3c(Cl)cccc3Cl)cc2)C1. The average Bonchev–Trinajstić information content (AvgIpc) is 2.67. The van der Waals surface area contributed by atoms with Crippen LogP contribution in [0.2, 0.25) is 10.0 Å². The number of halogens is 2. The summed E-state index contributed by atoms with van der Waals surface area (Å²) in [5.41, 5.74) is 1.99. The predicted molar refractivity (Wildman–Crippen MR) is 112 cm³/mol. The van der Waals surface area contributed by atoms with Crippen LogP contribution in [0.5, 0.6) is 5.75 Å². The van der Waals surface area contributed by atoms with Crippen LogP contribution in [0.15, 0.2) is 42.5 Å². The Morgan fingerprint density at radius 1 is 1.12 bits per heavy atom. The second-order valence-electron chi connectivity index (χ2n) is 6.36. The van der Waals surface area contributed by atoms with Crippen molar-refractivity contribution in [3.63, 3.8) is 0 Å². The van der Waals surface area contributed by atoms with Crippen molar-refractivity contribution in [2.75, 3.05) is 32.4 Å². The van der Waals surface area contributed by atoms with E-state index < -0.39 is 0 Å². The Kier molecular flexibility index (Phi) is 7.60. The Morgan fingerprint density at radius 3 is 2.54 bits per heavy atom. The number of rotatable bonds is 7. The van der Waals surface area contributed by atoms with Gasteiger partial charge in [-0.3, -0.25) is 4.90 Å². The van der Waals surface area contributed by atoms with Gasteiger partial charge in [0.25, 0.3) is 0 Å². The van der Waals surface area contributed by atoms with E-state index >= 15 is 0 Å². The lowest BCUT2D eigenvalue weighted by molar-refractivity contribution is -0.0297. The summed E-state index contributed by atoms with van der Waals surface area (Å²) >= 11 is 12.4. The van der Waals surface area contributed by atoms with Gasteiger partial charge in [-0.1, -0.05) is 41.4 Å². The lowest BCUT2D eigenvalue weighted by Gasteiger charge is -2.33. The minimum Gasteiger partial charge on any atom is -0.489 e. The third-order valence-corrected chi connectivity index (χ3v) is 5.64. The summed E-state index contributed by atoms with van der Waals surface area (Å²) < 4.78 is 11.8. The van der Waals surface area contributed by atoms with Gasteiger partial charge in [-0.2, -0.15) is 0 Å². The van der Waals surface area contributed by atoms with Crippen molar-refractivity contribution in [1.29, 1.82) is 0 Å². The molecule has 0 amide bonds. The maximum absolute atomic E-state index is 6.19. The number of hydrogen-bond donors (Lipinski definition) is 0. The highest BCUT2D eigenvalue weighted by Crippen LogP contribution is 2.27. The molecule has 0 spiro atoms. The summed E-state index contributed by atoms with van der Waals surface area (Å²) in [4.78, 5) is 2.47. The van der Waals surface area contributed by atoms with Crippen LogP contribution in [0.1, 0.15) is 23.7 Å². The van der Waals surface area contributed by atoms with Crippen LogP contribution in [0, 0.1) is 0 Å². The Bertz CT molecular complexity index is 691. The zero-order valence-electron chi connectivity index (χ0n) is 14.7. The van der Waals surface area contributed by atoms with E-state index in [1.54, 1.807) is 0 Å². The molecule has 0 N–H and O–H groups in total. The Morgan fingerprint density at radius 2 is 1.85 bits per heavy atom. The fourth-order valence-electron chi connectivity index (χ4n) is 3.03. The molecule has 3 nitrogen and oxygen atoms in total. The minimum atomic E-state index is 0.125. The zero-order chi connectivity index (χ0) is 18.4. The van der Waals surface area contributed by atoms with Crippen LogP contribution >= 0.6 is 32.4 Å². The maximum Gasteiger partial charge on any atom is 0.119 e. The average molecular weight is 412 g/mol. The fraction of sp³-hybridized carbons (Fsp3) is 0.400. The predicted octanol–water partition coefficient (Wildman–Crippen LogP) is 5.21. The monoisotopic (exact) mass is 411 g/mol. The Labute approximate surface area is 167 Å². The van der Waals surface area contributed by atoms with E-state index in [1.807, 2.05) is 30.3 Å². The third-order valence-electron chi connectivity index (χ3n) is 4.53. The van der Waals surface area contributed by atoms with Gasteiger partial charge in [0.05, 0.1) is 12.7 Å². The molecule has 1 aliphatic heterocycles. The minimum absolute atomic E-state index is 0.125. The smallest absolute Gasteiger partial charge is 0.119 e. The van der Waals surface area contributed by atoms with Gasteiger partial charge in [-0.15, -0.1) is 9.24 Å². The van der Waals surface area contributed by atoms with Gasteiger partial charge in [0.2, 0.25) is 0 Å². The topological polar surface area (TPSA) is 21.7 Å². The molecule has 0 bridgehead atoms. The van der Waals surface area contributed by atoms with Crippen molar-refractivity contribution in [2.45, 2.75) is 19.1 Å². The van der Waals surface area contributed by atoms with Gasteiger partial charge in [-0.25, -0.2) is 0 Å². The second-order valence-corrected chi connectivity index (χ2v) is 7.75. The fourth-order valence-corrected chi connectivity index (χ4v) is 3.72. The summed E-state index contributed by atoms with van der Waals surface area (Å²) in [6.45, 7) is 4.22. The Balaban J connectivity index is 1.58. The Hall–Kier alpha value is -0.830. The normalized spacial score (nSPS) is 18.0.